The van der Waals surface area contributed by atoms with Gasteiger partial charge in [0.15, 0.2) is 0 Å². The van der Waals surface area contributed by atoms with E-state index in [1.54, 1.807) is 33.5 Å². The summed E-state index contributed by atoms with van der Waals surface area (Å²) in [5, 5.41) is 11.0. The highest BCUT2D eigenvalue weighted by molar-refractivity contribution is 6.01. The first-order valence-corrected chi connectivity index (χ1v) is 12.3. The molecule has 39 heavy (non-hydrogen) atoms. The number of aryl methyl sites for hydroxylation is 1. The molecule has 4 aromatic heterocycles. The Labute approximate surface area is 221 Å². The van der Waals surface area contributed by atoms with Gasteiger partial charge in [-0.05, 0) is 36.6 Å². The van der Waals surface area contributed by atoms with Crippen molar-refractivity contribution < 1.29 is 22.8 Å². The molecule has 0 radical (unpaired) electrons. The summed E-state index contributed by atoms with van der Waals surface area (Å²) in [5.74, 6) is -0.0921. The molecular formula is C26H25F3N8O2. The highest BCUT2D eigenvalue weighted by Gasteiger charge is 2.55. The summed E-state index contributed by atoms with van der Waals surface area (Å²) in [6.45, 7) is 1.16. The number of fused-ring (bicyclic) bond motifs is 1. The molecule has 0 unspecified atom stereocenters. The summed E-state index contributed by atoms with van der Waals surface area (Å²) in [7, 11) is 3.47. The van der Waals surface area contributed by atoms with Crippen molar-refractivity contribution >= 4 is 23.1 Å². The maximum atomic E-state index is 13.3. The van der Waals surface area contributed by atoms with Gasteiger partial charge >= 0.3 is 12.2 Å². The summed E-state index contributed by atoms with van der Waals surface area (Å²) in [5.41, 5.74) is 2.12. The van der Waals surface area contributed by atoms with Gasteiger partial charge in [0.2, 0.25) is 0 Å². The summed E-state index contributed by atoms with van der Waals surface area (Å²) in [6, 6.07) is 4.14. The number of rotatable bonds is 4. The zero-order valence-corrected chi connectivity index (χ0v) is 21.2. The van der Waals surface area contributed by atoms with Gasteiger partial charge in [0, 0.05) is 62.8 Å². The van der Waals surface area contributed by atoms with Crippen molar-refractivity contribution in [3.63, 3.8) is 0 Å². The Morgan fingerprint density at radius 2 is 1.85 bits per heavy atom. The van der Waals surface area contributed by atoms with Crippen molar-refractivity contribution in [1.82, 2.24) is 34.2 Å². The lowest BCUT2D eigenvalue weighted by molar-refractivity contribution is -0.137. The van der Waals surface area contributed by atoms with Gasteiger partial charge in [0.05, 0.1) is 40.9 Å². The first kappa shape index (κ1) is 24.9. The fourth-order valence-electron chi connectivity index (χ4n) is 5.49. The van der Waals surface area contributed by atoms with Crippen LogP contribution in [-0.2, 0) is 13.2 Å². The zero-order chi connectivity index (χ0) is 27.5. The van der Waals surface area contributed by atoms with Crippen molar-refractivity contribution in [3.05, 3.63) is 66.5 Å². The molecule has 4 aromatic rings. The number of aromatic nitrogens is 5. The van der Waals surface area contributed by atoms with E-state index in [0.717, 1.165) is 17.2 Å². The van der Waals surface area contributed by atoms with Crippen LogP contribution in [0.3, 0.4) is 0 Å². The van der Waals surface area contributed by atoms with Crippen LogP contribution < -0.4 is 5.32 Å². The number of carbonyl (C=O) groups excluding carboxylic acids is 2. The van der Waals surface area contributed by atoms with Gasteiger partial charge in [0.1, 0.15) is 0 Å². The van der Waals surface area contributed by atoms with E-state index in [2.05, 4.69) is 20.5 Å². The molecule has 1 N–H and O–H groups in total. The van der Waals surface area contributed by atoms with E-state index in [1.807, 2.05) is 31.6 Å². The summed E-state index contributed by atoms with van der Waals surface area (Å²) in [6.07, 6.45) is 5.85. The summed E-state index contributed by atoms with van der Waals surface area (Å²) >= 11 is 0. The van der Waals surface area contributed by atoms with Crippen molar-refractivity contribution in [3.8, 4) is 11.1 Å². The topological polar surface area (TPSA) is 101 Å². The number of anilines is 1. The smallest absolute Gasteiger partial charge is 0.337 e. The molecule has 2 aliphatic rings. The largest absolute Gasteiger partial charge is 0.417 e. The molecule has 1 aliphatic heterocycles. The lowest BCUT2D eigenvalue weighted by Gasteiger charge is -2.60. The second-order valence-corrected chi connectivity index (χ2v) is 10.4. The average molecular weight is 539 g/mol. The number of hydrogen-bond acceptors (Lipinski definition) is 5. The summed E-state index contributed by atoms with van der Waals surface area (Å²) < 4.78 is 42.2. The Balaban J connectivity index is 1.06. The minimum Gasteiger partial charge on any atom is -0.337 e. The molecule has 10 nitrogen and oxygen atoms in total. The van der Waals surface area contributed by atoms with Crippen molar-refractivity contribution in [1.29, 1.82) is 0 Å². The molecule has 1 saturated heterocycles. The molecule has 1 saturated carbocycles. The Morgan fingerprint density at radius 3 is 2.54 bits per heavy atom. The van der Waals surface area contributed by atoms with Gasteiger partial charge in [0.25, 0.3) is 5.91 Å². The monoisotopic (exact) mass is 538 g/mol. The maximum Gasteiger partial charge on any atom is 0.417 e. The second kappa shape index (κ2) is 8.82. The van der Waals surface area contributed by atoms with Crippen LogP contribution in [0.2, 0.25) is 0 Å². The van der Waals surface area contributed by atoms with Gasteiger partial charge in [-0.3, -0.25) is 14.5 Å². The molecule has 1 spiro atoms. The fraction of sp³-hybridized carbons (Fsp3) is 0.346. The van der Waals surface area contributed by atoms with E-state index < -0.39 is 17.8 Å². The van der Waals surface area contributed by atoms with Crippen LogP contribution in [-0.4, -0.2) is 72.3 Å². The van der Waals surface area contributed by atoms with Crippen molar-refractivity contribution in [2.75, 3.05) is 25.5 Å². The van der Waals surface area contributed by atoms with E-state index >= 15 is 0 Å². The van der Waals surface area contributed by atoms with Crippen molar-refractivity contribution in [2.45, 2.75) is 25.1 Å². The number of urea groups is 1. The first-order valence-electron chi connectivity index (χ1n) is 12.3. The first-order chi connectivity index (χ1) is 18.5. The zero-order valence-electron chi connectivity index (χ0n) is 21.2. The van der Waals surface area contributed by atoms with Crippen LogP contribution in [0, 0.1) is 5.41 Å². The Morgan fingerprint density at radius 1 is 1.08 bits per heavy atom. The van der Waals surface area contributed by atoms with E-state index in [0.29, 0.717) is 43.2 Å². The number of nitrogens with zero attached hydrogens (tertiary/aromatic N) is 7. The van der Waals surface area contributed by atoms with E-state index in [4.69, 9.17) is 0 Å². The van der Waals surface area contributed by atoms with Crippen LogP contribution >= 0.6 is 0 Å². The van der Waals surface area contributed by atoms with Gasteiger partial charge in [-0.15, -0.1) is 0 Å². The highest BCUT2D eigenvalue weighted by atomic mass is 19.4. The summed E-state index contributed by atoms with van der Waals surface area (Å²) in [4.78, 5) is 32.8. The van der Waals surface area contributed by atoms with Gasteiger partial charge in [-0.25, -0.2) is 9.31 Å². The lowest BCUT2D eigenvalue weighted by Crippen LogP contribution is -2.67. The molecule has 3 amide bonds. The highest BCUT2D eigenvalue weighted by Crippen LogP contribution is 2.50. The van der Waals surface area contributed by atoms with Crippen LogP contribution in [0.5, 0.6) is 0 Å². The normalized spacial score (nSPS) is 16.7. The van der Waals surface area contributed by atoms with Crippen LogP contribution in [0.1, 0.15) is 28.8 Å². The number of alkyl halides is 3. The number of pyridine rings is 2. The molecule has 0 bridgehead atoms. The molecule has 202 valence electrons. The molecule has 6 rings (SSSR count). The Hall–Kier alpha value is -4.42. The fourth-order valence-corrected chi connectivity index (χ4v) is 5.49. The predicted octanol–water partition coefficient (Wildman–Crippen LogP) is 3.92. The number of carbonyl (C=O) groups is 2. The third-order valence-electron chi connectivity index (χ3n) is 7.65. The van der Waals surface area contributed by atoms with Crippen LogP contribution in [0.25, 0.3) is 16.6 Å². The number of amides is 3. The minimum atomic E-state index is -4.54. The molecule has 5 heterocycles. The van der Waals surface area contributed by atoms with Crippen LogP contribution in [0.15, 0.2) is 55.4 Å². The Bertz CT molecular complexity index is 1580. The second-order valence-electron chi connectivity index (χ2n) is 10.4. The number of likely N-dealkylation sites (tertiary alicyclic amines) is 1. The standard InChI is InChI=1S/C26H25F3N8O2/c1-34-13-17(9-31-34)16-3-4-37-22(5-16)21(12-32-37)23(38)36-14-25(15-36)7-20(8-25)35(2)24(39)33-19-6-18(10-30-11-19)26(27,28)29/h3-6,9-13,20H,7-8,14-15H2,1-2H3,(H,33,39). The minimum absolute atomic E-state index is 0.0174. The van der Waals surface area contributed by atoms with Crippen LogP contribution in [0.4, 0.5) is 23.7 Å². The number of hydrogen-bond donors (Lipinski definition) is 1. The SMILES string of the molecule is CN(C(=O)Nc1cncc(C(F)(F)F)c1)C1CC2(C1)CN(C(=O)c1cnn3ccc(-c4cnn(C)c4)cc13)C2. The quantitative estimate of drug-likeness (QED) is 0.425. The van der Waals surface area contributed by atoms with Gasteiger partial charge in [-0.2, -0.15) is 23.4 Å². The number of halogens is 3. The lowest BCUT2D eigenvalue weighted by atomic mass is 9.60. The number of nitrogens with one attached hydrogen (secondary N) is 1. The van der Waals surface area contributed by atoms with E-state index in [9.17, 15) is 22.8 Å². The molecule has 2 fully saturated rings. The van der Waals surface area contributed by atoms with Gasteiger partial charge < -0.3 is 15.1 Å². The third kappa shape index (κ3) is 4.47. The van der Waals surface area contributed by atoms with E-state index in [1.165, 1.54) is 11.1 Å². The molecule has 13 heteroatoms. The third-order valence-corrected chi connectivity index (χ3v) is 7.65. The predicted molar refractivity (Wildman–Crippen MR) is 135 cm³/mol. The van der Waals surface area contributed by atoms with E-state index in [-0.39, 0.29) is 23.1 Å². The average Bonchev–Trinajstić information content (AvgIpc) is 3.47. The molecule has 0 atom stereocenters. The maximum absolute atomic E-state index is 13.3. The van der Waals surface area contributed by atoms with Gasteiger partial charge in [-0.1, -0.05) is 0 Å². The Kier molecular flexibility index (Phi) is 5.63. The van der Waals surface area contributed by atoms with Crippen molar-refractivity contribution in [2.24, 2.45) is 12.5 Å². The molecular weight excluding hydrogens is 513 g/mol. The molecule has 0 aromatic carbocycles. The molecule has 1 aliphatic carbocycles.